The van der Waals surface area contributed by atoms with Crippen molar-refractivity contribution in [3.63, 3.8) is 0 Å². The minimum absolute atomic E-state index is 0.0176. The van der Waals surface area contributed by atoms with E-state index >= 15 is 0 Å². The number of rotatable bonds is 3. The molecule has 3 rings (SSSR count). The van der Waals surface area contributed by atoms with E-state index in [9.17, 15) is 9.18 Å². The molecule has 0 saturated heterocycles. The first-order valence-electron chi connectivity index (χ1n) is 6.44. The summed E-state index contributed by atoms with van der Waals surface area (Å²) in [6, 6.07) is 12.3. The third kappa shape index (κ3) is 2.42. The number of aromatic carboxylic acids is 1. The normalized spacial score (nSPS) is 14.2. The second-order valence-electron chi connectivity index (χ2n) is 5.03. The summed E-state index contributed by atoms with van der Waals surface area (Å²) >= 11 is 0. The highest BCUT2D eigenvalue weighted by molar-refractivity contribution is 5.87. The Morgan fingerprint density at radius 3 is 2.35 bits per heavy atom. The molecule has 20 heavy (non-hydrogen) atoms. The number of carboxylic acid groups (broad SMARTS) is 1. The standard InChI is InChI=1S/C16H14FNO2/c17-15-7-11(16(19)20)5-6-14(15)10-18-8-12-3-1-2-4-13(12)9-18/h1-7H,8-10H2,(H,19,20). The van der Waals surface area contributed by atoms with E-state index < -0.39 is 11.8 Å². The maximum atomic E-state index is 13.9. The summed E-state index contributed by atoms with van der Waals surface area (Å²) in [5.74, 6) is -1.56. The highest BCUT2D eigenvalue weighted by Crippen LogP contribution is 2.24. The van der Waals surface area contributed by atoms with Gasteiger partial charge in [-0.25, -0.2) is 9.18 Å². The van der Waals surface area contributed by atoms with Crippen LogP contribution in [0.25, 0.3) is 0 Å². The molecule has 1 heterocycles. The van der Waals surface area contributed by atoms with Gasteiger partial charge in [-0.1, -0.05) is 30.3 Å². The van der Waals surface area contributed by atoms with Crippen LogP contribution >= 0.6 is 0 Å². The lowest BCUT2D eigenvalue weighted by molar-refractivity contribution is 0.0696. The van der Waals surface area contributed by atoms with E-state index in [2.05, 4.69) is 17.0 Å². The van der Waals surface area contributed by atoms with Crippen LogP contribution in [0.5, 0.6) is 0 Å². The van der Waals surface area contributed by atoms with Gasteiger partial charge in [0.05, 0.1) is 5.56 Å². The summed E-state index contributed by atoms with van der Waals surface area (Å²) in [6.45, 7) is 2.09. The first-order valence-corrected chi connectivity index (χ1v) is 6.44. The van der Waals surface area contributed by atoms with Gasteiger partial charge in [-0.15, -0.1) is 0 Å². The second kappa shape index (κ2) is 5.06. The molecule has 4 heteroatoms. The Morgan fingerprint density at radius 1 is 1.15 bits per heavy atom. The Labute approximate surface area is 116 Å². The van der Waals surface area contributed by atoms with Gasteiger partial charge in [0.15, 0.2) is 0 Å². The first kappa shape index (κ1) is 12.8. The lowest BCUT2D eigenvalue weighted by Crippen LogP contribution is -2.16. The van der Waals surface area contributed by atoms with Gasteiger partial charge in [0, 0.05) is 25.2 Å². The summed E-state index contributed by atoms with van der Waals surface area (Å²) in [5.41, 5.74) is 3.06. The van der Waals surface area contributed by atoms with Crippen LogP contribution in [0.15, 0.2) is 42.5 Å². The maximum absolute atomic E-state index is 13.9. The van der Waals surface area contributed by atoms with Crippen LogP contribution in [0, 0.1) is 5.82 Å². The fraction of sp³-hybridized carbons (Fsp3) is 0.188. The van der Waals surface area contributed by atoms with E-state index in [1.165, 1.54) is 17.2 Å². The first-order chi connectivity index (χ1) is 9.63. The molecule has 0 radical (unpaired) electrons. The molecule has 0 bridgehead atoms. The Kier molecular flexibility index (Phi) is 3.24. The number of nitrogens with zero attached hydrogens (tertiary/aromatic N) is 1. The lowest BCUT2D eigenvalue weighted by atomic mass is 10.1. The number of carboxylic acids is 1. The molecule has 0 amide bonds. The van der Waals surface area contributed by atoms with Gasteiger partial charge >= 0.3 is 5.97 Å². The lowest BCUT2D eigenvalue weighted by Gasteiger charge is -2.15. The number of hydrogen-bond acceptors (Lipinski definition) is 2. The summed E-state index contributed by atoms with van der Waals surface area (Å²) in [6.07, 6.45) is 0. The minimum Gasteiger partial charge on any atom is -0.478 e. The molecule has 0 aromatic heterocycles. The molecular weight excluding hydrogens is 257 g/mol. The summed E-state index contributed by atoms with van der Waals surface area (Å²) in [7, 11) is 0. The quantitative estimate of drug-likeness (QED) is 0.932. The molecule has 1 aliphatic rings. The molecule has 1 N–H and O–H groups in total. The van der Waals surface area contributed by atoms with Gasteiger partial charge in [-0.3, -0.25) is 4.90 Å². The van der Waals surface area contributed by atoms with Crippen LogP contribution in [0.1, 0.15) is 27.0 Å². The molecule has 0 spiro atoms. The van der Waals surface area contributed by atoms with Crippen molar-refractivity contribution in [3.8, 4) is 0 Å². The molecule has 0 aliphatic carbocycles. The Hall–Kier alpha value is -2.20. The smallest absolute Gasteiger partial charge is 0.335 e. The van der Waals surface area contributed by atoms with Gasteiger partial charge < -0.3 is 5.11 Å². The van der Waals surface area contributed by atoms with Crippen molar-refractivity contribution in [1.29, 1.82) is 0 Å². The van der Waals surface area contributed by atoms with Crippen LogP contribution < -0.4 is 0 Å². The van der Waals surface area contributed by atoms with E-state index in [4.69, 9.17) is 5.11 Å². The van der Waals surface area contributed by atoms with Crippen molar-refractivity contribution in [1.82, 2.24) is 4.90 Å². The minimum atomic E-state index is -1.11. The fourth-order valence-corrected chi connectivity index (χ4v) is 2.56. The Bertz CT molecular complexity index is 644. The van der Waals surface area contributed by atoms with Crippen molar-refractivity contribution >= 4 is 5.97 Å². The van der Waals surface area contributed by atoms with Crippen LogP contribution in [0.4, 0.5) is 4.39 Å². The zero-order chi connectivity index (χ0) is 14.1. The SMILES string of the molecule is O=C(O)c1ccc(CN2Cc3ccccc3C2)c(F)c1. The largest absolute Gasteiger partial charge is 0.478 e. The van der Waals surface area contributed by atoms with E-state index in [0.717, 1.165) is 19.2 Å². The summed E-state index contributed by atoms with van der Waals surface area (Å²) in [5, 5.41) is 8.83. The van der Waals surface area contributed by atoms with Gasteiger partial charge in [0.1, 0.15) is 5.82 Å². The van der Waals surface area contributed by atoms with Crippen molar-refractivity contribution in [2.75, 3.05) is 0 Å². The van der Waals surface area contributed by atoms with E-state index in [1.54, 1.807) is 6.07 Å². The zero-order valence-electron chi connectivity index (χ0n) is 10.8. The molecular formula is C16H14FNO2. The maximum Gasteiger partial charge on any atom is 0.335 e. The summed E-state index contributed by atoms with van der Waals surface area (Å²) < 4.78 is 13.9. The van der Waals surface area contributed by atoms with Crippen molar-refractivity contribution in [3.05, 3.63) is 70.5 Å². The monoisotopic (exact) mass is 271 g/mol. The van der Waals surface area contributed by atoms with Crippen LogP contribution in [0.3, 0.4) is 0 Å². The third-order valence-electron chi connectivity index (χ3n) is 3.60. The molecule has 3 nitrogen and oxygen atoms in total. The zero-order valence-corrected chi connectivity index (χ0v) is 10.8. The Morgan fingerprint density at radius 2 is 1.80 bits per heavy atom. The average Bonchev–Trinajstić information content (AvgIpc) is 2.83. The number of carbonyl (C=O) groups is 1. The predicted molar refractivity (Wildman–Crippen MR) is 72.8 cm³/mol. The molecule has 2 aromatic carbocycles. The van der Waals surface area contributed by atoms with Gasteiger partial charge in [0.25, 0.3) is 0 Å². The van der Waals surface area contributed by atoms with Crippen LogP contribution in [0.2, 0.25) is 0 Å². The topological polar surface area (TPSA) is 40.5 Å². The van der Waals surface area contributed by atoms with Gasteiger partial charge in [0.2, 0.25) is 0 Å². The molecule has 102 valence electrons. The highest BCUT2D eigenvalue weighted by Gasteiger charge is 2.19. The average molecular weight is 271 g/mol. The highest BCUT2D eigenvalue weighted by atomic mass is 19.1. The van der Waals surface area contributed by atoms with Crippen molar-refractivity contribution in [2.24, 2.45) is 0 Å². The number of benzene rings is 2. The number of halogens is 1. The number of hydrogen-bond donors (Lipinski definition) is 1. The van der Waals surface area contributed by atoms with E-state index in [-0.39, 0.29) is 5.56 Å². The molecule has 2 aromatic rings. The second-order valence-corrected chi connectivity index (χ2v) is 5.03. The van der Waals surface area contributed by atoms with E-state index in [1.807, 2.05) is 12.1 Å². The predicted octanol–water partition coefficient (Wildman–Crippen LogP) is 3.04. The third-order valence-corrected chi connectivity index (χ3v) is 3.60. The number of fused-ring (bicyclic) bond motifs is 1. The van der Waals surface area contributed by atoms with E-state index in [0.29, 0.717) is 12.1 Å². The van der Waals surface area contributed by atoms with Crippen molar-refractivity contribution in [2.45, 2.75) is 19.6 Å². The van der Waals surface area contributed by atoms with Crippen molar-refractivity contribution < 1.29 is 14.3 Å². The van der Waals surface area contributed by atoms with Crippen LogP contribution in [-0.4, -0.2) is 16.0 Å². The molecule has 0 fully saturated rings. The molecule has 0 unspecified atom stereocenters. The van der Waals surface area contributed by atoms with Crippen LogP contribution in [-0.2, 0) is 19.6 Å². The van der Waals surface area contributed by atoms with Gasteiger partial charge in [-0.2, -0.15) is 0 Å². The molecule has 1 aliphatic heterocycles. The molecule has 0 atom stereocenters. The van der Waals surface area contributed by atoms with Gasteiger partial charge in [-0.05, 0) is 23.3 Å². The Balaban J connectivity index is 1.75. The molecule has 0 saturated carbocycles. The summed E-state index contributed by atoms with van der Waals surface area (Å²) in [4.78, 5) is 12.9. The fourth-order valence-electron chi connectivity index (χ4n) is 2.56.